The van der Waals surface area contributed by atoms with Crippen LogP contribution in [0.15, 0.2) is 54.6 Å². The van der Waals surface area contributed by atoms with Crippen molar-refractivity contribution >= 4 is 16.9 Å². The molecule has 37 heavy (non-hydrogen) atoms. The molecule has 2 aliphatic heterocycles. The Morgan fingerprint density at radius 3 is 2.57 bits per heavy atom. The number of aromatic nitrogens is 3. The van der Waals surface area contributed by atoms with Crippen molar-refractivity contribution in [2.45, 2.75) is 20.4 Å². The van der Waals surface area contributed by atoms with Crippen LogP contribution in [0.2, 0.25) is 0 Å². The van der Waals surface area contributed by atoms with Crippen LogP contribution in [0.25, 0.3) is 16.7 Å². The van der Waals surface area contributed by atoms with Gasteiger partial charge in [0, 0.05) is 44.2 Å². The molecular formula is C28H29N5O4. The van der Waals surface area contributed by atoms with E-state index in [1.807, 2.05) is 72.0 Å². The second-order valence-corrected chi connectivity index (χ2v) is 9.44. The predicted molar refractivity (Wildman–Crippen MR) is 138 cm³/mol. The standard InChI is InChI=1S/C28H29N5O4/c1-19-14-25(29-28-27(19)20(2)30-33(28)22-6-4-3-5-7-22)35-17-26(34)32-12-10-31(11-13-32)16-21-8-9-23-24(15-21)37-18-36-23/h3-9,14-15H,10-13,16-18H2,1-2H3. The molecule has 1 saturated heterocycles. The highest BCUT2D eigenvalue weighted by atomic mass is 16.7. The Morgan fingerprint density at radius 2 is 1.76 bits per heavy atom. The van der Waals surface area contributed by atoms with E-state index in [0.29, 0.717) is 19.0 Å². The van der Waals surface area contributed by atoms with Crippen molar-refractivity contribution in [2.24, 2.45) is 0 Å². The van der Waals surface area contributed by atoms with Crippen molar-refractivity contribution in [3.8, 4) is 23.1 Å². The number of nitrogens with zero attached hydrogens (tertiary/aromatic N) is 5. The quantitative estimate of drug-likeness (QED) is 0.402. The number of carbonyl (C=O) groups excluding carboxylic acids is 1. The maximum atomic E-state index is 12.9. The smallest absolute Gasteiger partial charge is 0.260 e. The van der Waals surface area contributed by atoms with E-state index in [2.05, 4.69) is 11.0 Å². The van der Waals surface area contributed by atoms with Crippen LogP contribution in [-0.4, -0.2) is 70.1 Å². The largest absolute Gasteiger partial charge is 0.467 e. The Balaban J connectivity index is 1.07. The minimum absolute atomic E-state index is 0.0324. The van der Waals surface area contributed by atoms with E-state index in [-0.39, 0.29) is 19.3 Å². The van der Waals surface area contributed by atoms with Gasteiger partial charge in [-0.25, -0.2) is 4.68 Å². The lowest BCUT2D eigenvalue weighted by Gasteiger charge is -2.34. The molecule has 0 spiro atoms. The fourth-order valence-corrected chi connectivity index (χ4v) is 4.98. The molecule has 0 bridgehead atoms. The number of rotatable bonds is 6. The van der Waals surface area contributed by atoms with Crippen LogP contribution >= 0.6 is 0 Å². The SMILES string of the molecule is Cc1cc(OCC(=O)N2CCN(Cc3ccc4c(c3)OCO4)CC2)nc2c1c(C)nn2-c1ccccc1. The number of benzene rings is 2. The average molecular weight is 500 g/mol. The van der Waals surface area contributed by atoms with Crippen molar-refractivity contribution in [1.29, 1.82) is 0 Å². The lowest BCUT2D eigenvalue weighted by atomic mass is 10.1. The number of amides is 1. The molecule has 2 aromatic heterocycles. The molecule has 2 aliphatic rings. The van der Waals surface area contributed by atoms with Gasteiger partial charge in [0.05, 0.1) is 11.4 Å². The fourth-order valence-electron chi connectivity index (χ4n) is 4.98. The summed E-state index contributed by atoms with van der Waals surface area (Å²) in [5, 5.41) is 5.69. The van der Waals surface area contributed by atoms with Crippen LogP contribution in [0.1, 0.15) is 16.8 Å². The maximum Gasteiger partial charge on any atom is 0.260 e. The molecule has 6 rings (SSSR count). The lowest BCUT2D eigenvalue weighted by molar-refractivity contribution is -0.135. The van der Waals surface area contributed by atoms with Crippen LogP contribution < -0.4 is 14.2 Å². The topological polar surface area (TPSA) is 82.0 Å². The zero-order valence-corrected chi connectivity index (χ0v) is 21.0. The van der Waals surface area contributed by atoms with Gasteiger partial charge in [-0.1, -0.05) is 24.3 Å². The van der Waals surface area contributed by atoms with Crippen molar-refractivity contribution in [3.63, 3.8) is 0 Å². The third-order valence-electron chi connectivity index (χ3n) is 6.90. The molecular weight excluding hydrogens is 470 g/mol. The van der Waals surface area contributed by atoms with Gasteiger partial charge < -0.3 is 19.1 Å². The van der Waals surface area contributed by atoms with Crippen molar-refractivity contribution in [1.82, 2.24) is 24.6 Å². The summed E-state index contributed by atoms with van der Waals surface area (Å²) in [5.74, 6) is 1.99. The van der Waals surface area contributed by atoms with Crippen molar-refractivity contribution in [3.05, 3.63) is 71.4 Å². The molecule has 190 valence electrons. The monoisotopic (exact) mass is 499 g/mol. The van der Waals surface area contributed by atoms with Crippen LogP contribution in [0.5, 0.6) is 17.4 Å². The van der Waals surface area contributed by atoms with E-state index in [1.165, 1.54) is 5.56 Å². The number of piperazine rings is 1. The highest BCUT2D eigenvalue weighted by molar-refractivity contribution is 5.84. The predicted octanol–water partition coefficient (Wildman–Crippen LogP) is 3.49. The molecule has 0 saturated carbocycles. The second kappa shape index (κ2) is 9.74. The first-order valence-corrected chi connectivity index (χ1v) is 12.5. The lowest BCUT2D eigenvalue weighted by Crippen LogP contribution is -2.49. The highest BCUT2D eigenvalue weighted by Crippen LogP contribution is 2.33. The first-order valence-electron chi connectivity index (χ1n) is 12.5. The van der Waals surface area contributed by atoms with E-state index in [1.54, 1.807) is 0 Å². The van der Waals surface area contributed by atoms with Crippen LogP contribution in [-0.2, 0) is 11.3 Å². The van der Waals surface area contributed by atoms with Gasteiger partial charge in [-0.3, -0.25) is 9.69 Å². The van der Waals surface area contributed by atoms with Gasteiger partial charge in [-0.15, -0.1) is 0 Å². The summed E-state index contributed by atoms with van der Waals surface area (Å²) >= 11 is 0. The Labute approximate surface area is 215 Å². The highest BCUT2D eigenvalue weighted by Gasteiger charge is 2.23. The molecule has 4 aromatic rings. The van der Waals surface area contributed by atoms with Gasteiger partial charge in [0.15, 0.2) is 23.8 Å². The average Bonchev–Trinajstić information content (AvgIpc) is 3.52. The normalized spacial score (nSPS) is 15.4. The molecule has 0 atom stereocenters. The number of para-hydroxylation sites is 1. The first kappa shape index (κ1) is 23.3. The van der Waals surface area contributed by atoms with E-state index in [0.717, 1.165) is 59.1 Å². The van der Waals surface area contributed by atoms with Crippen LogP contribution in [0.3, 0.4) is 0 Å². The zero-order valence-electron chi connectivity index (χ0n) is 21.0. The summed E-state index contributed by atoms with van der Waals surface area (Å²) in [5.41, 5.74) is 4.76. The van der Waals surface area contributed by atoms with Gasteiger partial charge in [-0.2, -0.15) is 10.1 Å². The molecule has 0 N–H and O–H groups in total. The van der Waals surface area contributed by atoms with Crippen molar-refractivity contribution < 1.29 is 19.0 Å². The number of hydrogen-bond acceptors (Lipinski definition) is 7. The molecule has 0 aliphatic carbocycles. The molecule has 9 heteroatoms. The van der Waals surface area contributed by atoms with Crippen LogP contribution in [0.4, 0.5) is 0 Å². The summed E-state index contributed by atoms with van der Waals surface area (Å²) in [6.45, 7) is 7.98. The molecule has 9 nitrogen and oxygen atoms in total. The minimum atomic E-state index is -0.0431. The van der Waals surface area contributed by atoms with Crippen LogP contribution in [0, 0.1) is 13.8 Å². The van der Waals surface area contributed by atoms with E-state index >= 15 is 0 Å². The molecule has 0 radical (unpaired) electrons. The number of hydrogen-bond donors (Lipinski definition) is 0. The third kappa shape index (κ3) is 4.70. The van der Waals surface area contributed by atoms with E-state index < -0.39 is 0 Å². The Hall–Kier alpha value is -4.11. The maximum absolute atomic E-state index is 12.9. The fraction of sp³-hybridized carbons (Fsp3) is 0.321. The van der Waals surface area contributed by atoms with Gasteiger partial charge >= 0.3 is 0 Å². The number of aryl methyl sites for hydroxylation is 2. The zero-order chi connectivity index (χ0) is 25.4. The summed E-state index contributed by atoms with van der Waals surface area (Å²) in [7, 11) is 0. The van der Waals surface area contributed by atoms with Gasteiger partial charge in [0.1, 0.15) is 0 Å². The summed E-state index contributed by atoms with van der Waals surface area (Å²) in [4.78, 5) is 21.8. The Kier molecular flexibility index (Phi) is 6.13. The summed E-state index contributed by atoms with van der Waals surface area (Å²) in [6.07, 6.45) is 0. The molecule has 1 amide bonds. The molecule has 0 unspecified atom stereocenters. The Bertz CT molecular complexity index is 1440. The van der Waals surface area contributed by atoms with E-state index in [4.69, 9.17) is 24.3 Å². The minimum Gasteiger partial charge on any atom is -0.467 e. The number of ether oxygens (including phenoxy) is 3. The van der Waals surface area contributed by atoms with Gasteiger partial charge in [-0.05, 0) is 49.2 Å². The summed E-state index contributed by atoms with van der Waals surface area (Å²) < 4.78 is 18.6. The number of carbonyl (C=O) groups is 1. The molecule has 4 heterocycles. The third-order valence-corrected chi connectivity index (χ3v) is 6.90. The first-order chi connectivity index (χ1) is 18.0. The molecule has 1 fully saturated rings. The number of fused-ring (bicyclic) bond motifs is 2. The van der Waals surface area contributed by atoms with Gasteiger partial charge in [0.25, 0.3) is 5.91 Å². The Morgan fingerprint density at radius 1 is 0.973 bits per heavy atom. The van der Waals surface area contributed by atoms with Crippen molar-refractivity contribution in [2.75, 3.05) is 39.6 Å². The van der Waals surface area contributed by atoms with Gasteiger partial charge in [0.2, 0.25) is 12.7 Å². The number of pyridine rings is 1. The second-order valence-electron chi connectivity index (χ2n) is 9.44. The summed E-state index contributed by atoms with van der Waals surface area (Å²) in [6, 6.07) is 17.8. The van der Waals surface area contributed by atoms with E-state index in [9.17, 15) is 4.79 Å². The molecule has 2 aromatic carbocycles.